The second kappa shape index (κ2) is 11.5. The van der Waals surface area contributed by atoms with Crippen LogP contribution in [-0.4, -0.2) is 31.5 Å². The Morgan fingerprint density at radius 3 is 0.941 bits per heavy atom. The van der Waals surface area contributed by atoms with Crippen LogP contribution in [0.25, 0.3) is 10.8 Å². The Bertz CT molecular complexity index is 962. The highest BCUT2D eigenvalue weighted by Crippen LogP contribution is 2.60. The minimum Gasteiger partial charge on any atom is -0.170 e. The Morgan fingerprint density at radius 2 is 0.706 bits per heavy atom. The van der Waals surface area contributed by atoms with Crippen molar-refractivity contribution in [2.75, 3.05) is 0 Å². The molecule has 2 aromatic carbocycles. The molecule has 188 valence electrons. The molecule has 0 radical (unpaired) electrons. The molecule has 0 aliphatic carbocycles. The van der Waals surface area contributed by atoms with Gasteiger partial charge in [0.2, 0.25) is 0 Å². The van der Waals surface area contributed by atoms with Gasteiger partial charge in [-0.2, -0.15) is 20.1 Å². The van der Waals surface area contributed by atoms with Crippen LogP contribution in [0, 0.1) is 22.3 Å². The molecule has 0 heterocycles. The fraction of sp³-hybridized carbons (Fsp3) is 0.562. The maximum Gasteiger partial charge on any atom is 0.0333 e. The third-order valence-corrected chi connectivity index (χ3v) is 17.6. The molecule has 0 aliphatic heterocycles. The molecule has 0 saturated carbocycles. The second-order valence-corrected chi connectivity index (χ2v) is 20.1. The molecule has 2 rings (SSSR count). The van der Waals surface area contributed by atoms with Crippen molar-refractivity contribution in [3.05, 3.63) is 47.5 Å². The van der Waals surface area contributed by atoms with Crippen LogP contribution in [0.3, 0.4) is 0 Å². The highest BCUT2D eigenvalue weighted by atomic mass is 32.3. The third-order valence-electron chi connectivity index (χ3n) is 7.33. The first-order valence-electron chi connectivity index (χ1n) is 13.0. The molecule has 2 aromatic rings. The van der Waals surface area contributed by atoms with Gasteiger partial charge in [-0.15, -0.1) is 0 Å². The number of hydrogen-bond acceptors (Lipinski definition) is 0. The fourth-order valence-corrected chi connectivity index (χ4v) is 14.3. The topological polar surface area (TPSA) is 0 Å². The molecular weight excluding hydrogens is 448 g/mol. The second-order valence-electron chi connectivity index (χ2n) is 11.0. The zero-order valence-corrected chi connectivity index (χ0v) is 25.4. The van der Waals surface area contributed by atoms with Gasteiger partial charge < -0.3 is 0 Å². The molecule has 0 amide bonds. The number of rotatable bonds is 6. The minimum absolute atomic E-state index is 0.579. The van der Waals surface area contributed by atoms with Crippen molar-refractivity contribution in [1.82, 2.24) is 0 Å². The molecule has 0 N–H and O–H groups in total. The summed E-state index contributed by atoms with van der Waals surface area (Å²) in [6, 6.07) is 13.1. The number of hydrogen-bond donors (Lipinski definition) is 0. The summed E-state index contributed by atoms with van der Waals surface area (Å²) in [4.78, 5) is 0. The molecule has 0 nitrogen and oxygen atoms in total. The number of fused-ring (bicyclic) bond motifs is 1. The smallest absolute Gasteiger partial charge is 0.0333 e. The lowest BCUT2D eigenvalue weighted by Gasteiger charge is -2.46. The van der Waals surface area contributed by atoms with Gasteiger partial charge in [-0.05, 0) is 64.9 Å². The zero-order valence-electron chi connectivity index (χ0n) is 23.7. The summed E-state index contributed by atoms with van der Waals surface area (Å²) in [6.45, 7) is 28.3. The standard InChI is InChI=1S/C32H48S2/c1-23(2)33(24(3)4,25(5)6)21-19-29-17-18-30(32-16-14-13-15-31(29)32)20-22-34(26(7)8,27(9)10)28(11)12/h13-18,23-28H,1-12H3. The summed E-state index contributed by atoms with van der Waals surface area (Å²) in [5.74, 6) is 7.34. The lowest BCUT2D eigenvalue weighted by atomic mass is 10.0. The maximum absolute atomic E-state index is 3.86. The van der Waals surface area contributed by atoms with E-state index >= 15 is 0 Å². The largest absolute Gasteiger partial charge is 0.170 e. The van der Waals surface area contributed by atoms with Gasteiger partial charge in [0.25, 0.3) is 0 Å². The first-order chi connectivity index (χ1) is 15.8. The van der Waals surface area contributed by atoms with Crippen molar-refractivity contribution in [1.29, 1.82) is 0 Å². The molecule has 0 fully saturated rings. The highest BCUT2D eigenvalue weighted by Gasteiger charge is 2.34. The van der Waals surface area contributed by atoms with E-state index in [1.165, 1.54) is 10.8 Å². The normalized spacial score (nSPS) is 13.6. The maximum atomic E-state index is 3.86. The average molecular weight is 497 g/mol. The van der Waals surface area contributed by atoms with Crippen LogP contribution in [0.1, 0.15) is 94.2 Å². The van der Waals surface area contributed by atoms with Crippen molar-refractivity contribution in [3.63, 3.8) is 0 Å². The van der Waals surface area contributed by atoms with Gasteiger partial charge in [-0.3, -0.25) is 0 Å². The molecule has 0 aliphatic rings. The van der Waals surface area contributed by atoms with Crippen LogP contribution in [0.2, 0.25) is 0 Å². The Hall–Kier alpha value is -1.48. The van der Waals surface area contributed by atoms with Gasteiger partial charge in [0.15, 0.2) is 0 Å². The zero-order chi connectivity index (χ0) is 25.8. The Labute approximate surface area is 214 Å². The monoisotopic (exact) mass is 496 g/mol. The van der Waals surface area contributed by atoms with Gasteiger partial charge in [0.1, 0.15) is 0 Å². The summed E-state index contributed by atoms with van der Waals surface area (Å²) in [5, 5.41) is 13.7. The lowest BCUT2D eigenvalue weighted by molar-refractivity contribution is 0.959. The van der Waals surface area contributed by atoms with Crippen molar-refractivity contribution in [3.8, 4) is 22.3 Å². The van der Waals surface area contributed by atoms with E-state index in [0.717, 1.165) is 11.1 Å². The van der Waals surface area contributed by atoms with E-state index in [2.05, 4.69) is 142 Å². The Morgan fingerprint density at radius 1 is 0.441 bits per heavy atom. The van der Waals surface area contributed by atoms with E-state index in [1.54, 1.807) is 0 Å². The third kappa shape index (κ3) is 5.35. The first-order valence-corrected chi connectivity index (χ1v) is 16.6. The van der Waals surface area contributed by atoms with Crippen molar-refractivity contribution in [2.45, 2.75) is 115 Å². The molecule has 0 atom stereocenters. The minimum atomic E-state index is -1.07. The SMILES string of the molecule is CC(C)S(C#Cc1ccc(C#CS(C(C)C)(C(C)C)C(C)C)c2ccccc12)(C(C)C)C(C)C. The van der Waals surface area contributed by atoms with Gasteiger partial charge in [-0.25, -0.2) is 0 Å². The summed E-state index contributed by atoms with van der Waals surface area (Å²) in [7, 11) is -2.13. The molecule has 2 heteroatoms. The summed E-state index contributed by atoms with van der Waals surface area (Å²) in [6.07, 6.45) is 0. The van der Waals surface area contributed by atoms with E-state index in [4.69, 9.17) is 0 Å². The summed E-state index contributed by atoms with van der Waals surface area (Å²) >= 11 is 0. The molecule has 34 heavy (non-hydrogen) atoms. The van der Waals surface area contributed by atoms with Crippen LogP contribution in [0.4, 0.5) is 0 Å². The van der Waals surface area contributed by atoms with Gasteiger partial charge in [0, 0.05) is 11.1 Å². The van der Waals surface area contributed by atoms with E-state index in [1.807, 2.05) is 0 Å². The van der Waals surface area contributed by atoms with Crippen LogP contribution >= 0.6 is 20.1 Å². The van der Waals surface area contributed by atoms with Crippen molar-refractivity contribution in [2.24, 2.45) is 0 Å². The molecule has 0 saturated heterocycles. The van der Waals surface area contributed by atoms with Crippen molar-refractivity contribution < 1.29 is 0 Å². The van der Waals surface area contributed by atoms with E-state index in [0.29, 0.717) is 31.5 Å². The Kier molecular flexibility index (Phi) is 9.73. The summed E-state index contributed by atoms with van der Waals surface area (Å²) in [5.41, 5.74) is 2.27. The molecule has 0 aromatic heterocycles. The van der Waals surface area contributed by atoms with Gasteiger partial charge >= 0.3 is 0 Å². The van der Waals surface area contributed by atoms with Crippen LogP contribution < -0.4 is 0 Å². The Balaban J connectivity index is 2.71. The average Bonchev–Trinajstić information content (AvgIpc) is 2.73. The quantitative estimate of drug-likeness (QED) is 0.349. The fourth-order valence-electron chi connectivity index (χ4n) is 5.78. The van der Waals surface area contributed by atoms with E-state index < -0.39 is 20.1 Å². The molecule has 0 spiro atoms. The van der Waals surface area contributed by atoms with Crippen molar-refractivity contribution >= 4 is 30.8 Å². The molecule has 0 unspecified atom stereocenters. The number of benzene rings is 2. The highest BCUT2D eigenvalue weighted by molar-refractivity contribution is 8.39. The summed E-state index contributed by atoms with van der Waals surface area (Å²) < 4.78 is 0. The molecule has 0 bridgehead atoms. The predicted molar refractivity (Wildman–Crippen MR) is 164 cm³/mol. The van der Waals surface area contributed by atoms with Crippen LogP contribution in [0.5, 0.6) is 0 Å². The van der Waals surface area contributed by atoms with E-state index in [-0.39, 0.29) is 0 Å². The van der Waals surface area contributed by atoms with E-state index in [9.17, 15) is 0 Å². The molecular formula is C32H48S2. The van der Waals surface area contributed by atoms with Gasteiger partial charge in [0.05, 0.1) is 0 Å². The first kappa shape index (κ1) is 28.8. The van der Waals surface area contributed by atoms with Crippen LogP contribution in [-0.2, 0) is 0 Å². The van der Waals surface area contributed by atoms with Gasteiger partial charge in [-0.1, -0.05) is 119 Å². The lowest BCUT2D eigenvalue weighted by Crippen LogP contribution is -2.27. The predicted octanol–water partition coefficient (Wildman–Crippen LogP) is 9.52. The van der Waals surface area contributed by atoms with Crippen LogP contribution in [0.15, 0.2) is 36.4 Å².